The predicted octanol–water partition coefficient (Wildman–Crippen LogP) is 3.13. The standard InChI is InChI=1S/C15H32N2/c1-5-14-7-6-11-17(13-14)12-10-16-9-8-15(2,3)4/h14,16H,5-13H2,1-4H3. The Kier molecular flexibility index (Phi) is 6.50. The molecule has 1 fully saturated rings. The van der Waals surface area contributed by atoms with E-state index in [0.717, 1.165) is 19.0 Å². The Balaban J connectivity index is 2.02. The highest BCUT2D eigenvalue weighted by Gasteiger charge is 2.17. The molecule has 1 N–H and O–H groups in total. The molecule has 1 atom stereocenters. The molecule has 1 unspecified atom stereocenters. The van der Waals surface area contributed by atoms with Crippen LogP contribution in [0, 0.1) is 11.3 Å². The summed E-state index contributed by atoms with van der Waals surface area (Å²) in [6.45, 7) is 15.5. The number of nitrogens with zero attached hydrogens (tertiary/aromatic N) is 1. The van der Waals surface area contributed by atoms with Crippen LogP contribution in [0.5, 0.6) is 0 Å². The van der Waals surface area contributed by atoms with Crippen molar-refractivity contribution >= 4 is 0 Å². The van der Waals surface area contributed by atoms with Crippen LogP contribution in [0.15, 0.2) is 0 Å². The van der Waals surface area contributed by atoms with Crippen molar-refractivity contribution in [3.05, 3.63) is 0 Å². The molecule has 0 aromatic heterocycles. The minimum absolute atomic E-state index is 0.464. The second kappa shape index (κ2) is 7.38. The average Bonchev–Trinajstić information content (AvgIpc) is 2.27. The molecule has 102 valence electrons. The molecule has 0 aromatic carbocycles. The van der Waals surface area contributed by atoms with Crippen LogP contribution in [0.25, 0.3) is 0 Å². The van der Waals surface area contributed by atoms with Crippen LogP contribution in [0.2, 0.25) is 0 Å². The molecule has 0 radical (unpaired) electrons. The summed E-state index contributed by atoms with van der Waals surface area (Å²) in [5, 5.41) is 3.58. The van der Waals surface area contributed by atoms with Crippen molar-refractivity contribution in [1.82, 2.24) is 10.2 Å². The minimum Gasteiger partial charge on any atom is -0.315 e. The molecule has 0 saturated carbocycles. The van der Waals surface area contributed by atoms with E-state index < -0.39 is 0 Å². The van der Waals surface area contributed by atoms with Crippen LogP contribution in [-0.4, -0.2) is 37.6 Å². The van der Waals surface area contributed by atoms with E-state index in [4.69, 9.17) is 0 Å². The molecule has 17 heavy (non-hydrogen) atoms. The van der Waals surface area contributed by atoms with Gasteiger partial charge in [-0.25, -0.2) is 0 Å². The molecular formula is C15H32N2. The molecule has 0 aliphatic carbocycles. The largest absolute Gasteiger partial charge is 0.315 e. The summed E-state index contributed by atoms with van der Waals surface area (Å²) in [6, 6.07) is 0. The van der Waals surface area contributed by atoms with Gasteiger partial charge in [0.05, 0.1) is 0 Å². The maximum atomic E-state index is 3.58. The van der Waals surface area contributed by atoms with Crippen molar-refractivity contribution in [3.63, 3.8) is 0 Å². The van der Waals surface area contributed by atoms with E-state index in [9.17, 15) is 0 Å². The first-order valence-electron chi connectivity index (χ1n) is 7.44. The summed E-state index contributed by atoms with van der Waals surface area (Å²) in [5.74, 6) is 0.957. The van der Waals surface area contributed by atoms with E-state index in [1.54, 1.807) is 0 Å². The van der Waals surface area contributed by atoms with Gasteiger partial charge < -0.3 is 10.2 Å². The summed E-state index contributed by atoms with van der Waals surface area (Å²) in [5.41, 5.74) is 0.464. The van der Waals surface area contributed by atoms with E-state index in [-0.39, 0.29) is 0 Å². The van der Waals surface area contributed by atoms with Crippen LogP contribution < -0.4 is 5.32 Å². The highest BCUT2D eigenvalue weighted by Crippen LogP contribution is 2.19. The molecule has 0 amide bonds. The van der Waals surface area contributed by atoms with Gasteiger partial charge in [0.2, 0.25) is 0 Å². The van der Waals surface area contributed by atoms with E-state index in [2.05, 4.69) is 37.9 Å². The van der Waals surface area contributed by atoms with Gasteiger partial charge in [-0.1, -0.05) is 34.1 Å². The maximum Gasteiger partial charge on any atom is 0.0107 e. The van der Waals surface area contributed by atoms with Crippen molar-refractivity contribution < 1.29 is 0 Å². The van der Waals surface area contributed by atoms with E-state index >= 15 is 0 Å². The molecule has 0 aromatic rings. The second-order valence-corrected chi connectivity index (χ2v) is 6.78. The van der Waals surface area contributed by atoms with Crippen molar-refractivity contribution in [2.45, 2.75) is 53.4 Å². The lowest BCUT2D eigenvalue weighted by Crippen LogP contribution is -2.39. The molecular weight excluding hydrogens is 208 g/mol. The molecule has 0 spiro atoms. The zero-order valence-electron chi connectivity index (χ0n) is 12.4. The summed E-state index contributed by atoms with van der Waals surface area (Å²) in [4.78, 5) is 2.64. The van der Waals surface area contributed by atoms with Gasteiger partial charge in [0, 0.05) is 19.6 Å². The number of rotatable bonds is 6. The number of hydrogen-bond acceptors (Lipinski definition) is 2. The third-order valence-corrected chi connectivity index (χ3v) is 3.84. The van der Waals surface area contributed by atoms with Gasteiger partial charge in [0.1, 0.15) is 0 Å². The third kappa shape index (κ3) is 7.05. The molecule has 1 aliphatic rings. The van der Waals surface area contributed by atoms with Crippen LogP contribution in [0.4, 0.5) is 0 Å². The Morgan fingerprint density at radius 1 is 1.24 bits per heavy atom. The maximum absolute atomic E-state index is 3.58. The lowest BCUT2D eigenvalue weighted by atomic mass is 9.92. The molecule has 1 heterocycles. The predicted molar refractivity (Wildman–Crippen MR) is 76.4 cm³/mol. The smallest absolute Gasteiger partial charge is 0.0107 e. The fourth-order valence-electron chi connectivity index (χ4n) is 2.51. The zero-order valence-corrected chi connectivity index (χ0v) is 12.4. The van der Waals surface area contributed by atoms with E-state index in [0.29, 0.717) is 5.41 Å². The quantitative estimate of drug-likeness (QED) is 0.718. The van der Waals surface area contributed by atoms with Crippen LogP contribution in [0.3, 0.4) is 0 Å². The van der Waals surface area contributed by atoms with Crippen LogP contribution in [0.1, 0.15) is 53.4 Å². The minimum atomic E-state index is 0.464. The van der Waals surface area contributed by atoms with E-state index in [1.807, 2.05) is 0 Å². The first-order valence-corrected chi connectivity index (χ1v) is 7.44. The fraction of sp³-hybridized carbons (Fsp3) is 1.00. The Morgan fingerprint density at radius 2 is 2.00 bits per heavy atom. The Morgan fingerprint density at radius 3 is 2.65 bits per heavy atom. The van der Waals surface area contributed by atoms with Gasteiger partial charge in [-0.3, -0.25) is 0 Å². The topological polar surface area (TPSA) is 15.3 Å². The van der Waals surface area contributed by atoms with Gasteiger partial charge >= 0.3 is 0 Å². The average molecular weight is 240 g/mol. The SMILES string of the molecule is CCC1CCCN(CCNCCC(C)(C)C)C1. The number of piperidine rings is 1. The highest BCUT2D eigenvalue weighted by molar-refractivity contribution is 4.72. The monoisotopic (exact) mass is 240 g/mol. The van der Waals surface area contributed by atoms with Gasteiger partial charge in [-0.2, -0.15) is 0 Å². The van der Waals surface area contributed by atoms with Crippen molar-refractivity contribution in [1.29, 1.82) is 0 Å². The number of hydrogen-bond donors (Lipinski definition) is 1. The van der Waals surface area contributed by atoms with Gasteiger partial charge in [-0.05, 0) is 43.7 Å². The lowest BCUT2D eigenvalue weighted by Gasteiger charge is -2.32. The lowest BCUT2D eigenvalue weighted by molar-refractivity contribution is 0.172. The first-order chi connectivity index (χ1) is 8.01. The molecule has 1 aliphatic heterocycles. The number of nitrogens with one attached hydrogen (secondary N) is 1. The Hall–Kier alpha value is -0.0800. The summed E-state index contributed by atoms with van der Waals surface area (Å²) >= 11 is 0. The Bertz CT molecular complexity index is 196. The van der Waals surface area contributed by atoms with Gasteiger partial charge in [0.15, 0.2) is 0 Å². The fourth-order valence-corrected chi connectivity index (χ4v) is 2.51. The van der Waals surface area contributed by atoms with Gasteiger partial charge in [0.25, 0.3) is 0 Å². The summed E-state index contributed by atoms with van der Waals surface area (Å²) in [7, 11) is 0. The molecule has 1 saturated heterocycles. The normalized spacial score (nSPS) is 22.9. The van der Waals surface area contributed by atoms with Crippen molar-refractivity contribution in [2.75, 3.05) is 32.7 Å². The zero-order chi connectivity index (χ0) is 12.7. The third-order valence-electron chi connectivity index (χ3n) is 3.84. The highest BCUT2D eigenvalue weighted by atomic mass is 15.1. The second-order valence-electron chi connectivity index (χ2n) is 6.78. The van der Waals surface area contributed by atoms with Crippen molar-refractivity contribution in [3.8, 4) is 0 Å². The molecule has 0 bridgehead atoms. The summed E-state index contributed by atoms with van der Waals surface area (Å²) < 4.78 is 0. The Labute approximate surface area is 108 Å². The molecule has 1 rings (SSSR count). The van der Waals surface area contributed by atoms with Gasteiger partial charge in [-0.15, -0.1) is 0 Å². The molecule has 2 heteroatoms. The van der Waals surface area contributed by atoms with Crippen LogP contribution >= 0.6 is 0 Å². The van der Waals surface area contributed by atoms with E-state index in [1.165, 1.54) is 45.3 Å². The van der Waals surface area contributed by atoms with Crippen molar-refractivity contribution in [2.24, 2.45) is 11.3 Å². The number of likely N-dealkylation sites (tertiary alicyclic amines) is 1. The summed E-state index contributed by atoms with van der Waals surface area (Å²) in [6.07, 6.45) is 5.48. The molecule has 2 nitrogen and oxygen atoms in total. The van der Waals surface area contributed by atoms with Crippen LogP contribution in [-0.2, 0) is 0 Å². The first kappa shape index (κ1) is 15.0.